The Bertz CT molecular complexity index is 461. The lowest BCUT2D eigenvalue weighted by Crippen LogP contribution is -2.52. The summed E-state index contributed by atoms with van der Waals surface area (Å²) >= 11 is 0. The molecule has 0 aromatic carbocycles. The second-order valence-electron chi connectivity index (χ2n) is 7.46. The van der Waals surface area contributed by atoms with Gasteiger partial charge < -0.3 is 10.5 Å². The molecule has 2 N–H and O–H groups in total. The van der Waals surface area contributed by atoms with Crippen LogP contribution in [0.4, 0.5) is 5.82 Å². The molecule has 1 aromatic rings. The summed E-state index contributed by atoms with van der Waals surface area (Å²) in [7, 11) is 0. The van der Waals surface area contributed by atoms with Crippen LogP contribution in [0.25, 0.3) is 0 Å². The highest BCUT2D eigenvalue weighted by molar-refractivity contribution is 5.32. The molecule has 1 aromatic heterocycles. The van der Waals surface area contributed by atoms with Crippen molar-refractivity contribution in [1.82, 2.24) is 4.98 Å². The SMILES string of the molecule is CC(Oc1ccc(N)nc1)C12CC3CC(CC(C3)C1)C2. The number of pyridine rings is 1. The first-order valence-corrected chi connectivity index (χ1v) is 8.01. The van der Waals surface area contributed by atoms with Gasteiger partial charge in [-0.1, -0.05) is 0 Å². The van der Waals surface area contributed by atoms with Crippen molar-refractivity contribution in [2.45, 2.75) is 51.6 Å². The molecule has 20 heavy (non-hydrogen) atoms. The van der Waals surface area contributed by atoms with Crippen molar-refractivity contribution in [2.75, 3.05) is 5.73 Å². The van der Waals surface area contributed by atoms with Crippen molar-refractivity contribution in [3.8, 4) is 5.75 Å². The maximum atomic E-state index is 6.24. The summed E-state index contributed by atoms with van der Waals surface area (Å²) in [5.74, 6) is 4.33. The summed E-state index contributed by atoms with van der Waals surface area (Å²) in [5, 5.41) is 0. The second-order valence-corrected chi connectivity index (χ2v) is 7.46. The topological polar surface area (TPSA) is 48.1 Å². The van der Waals surface area contributed by atoms with E-state index in [1.165, 1.54) is 38.5 Å². The first kappa shape index (κ1) is 12.5. The van der Waals surface area contributed by atoms with Gasteiger partial charge in [-0.2, -0.15) is 0 Å². The van der Waals surface area contributed by atoms with Crippen molar-refractivity contribution >= 4 is 5.82 Å². The Hall–Kier alpha value is -1.25. The molecular formula is C17H24N2O. The minimum atomic E-state index is 0.293. The number of rotatable bonds is 3. The fourth-order valence-electron chi connectivity index (χ4n) is 5.47. The number of nitrogens with zero attached hydrogens (tertiary/aromatic N) is 1. The van der Waals surface area contributed by atoms with E-state index in [2.05, 4.69) is 11.9 Å². The van der Waals surface area contributed by atoms with Crippen LogP contribution >= 0.6 is 0 Å². The highest BCUT2D eigenvalue weighted by Crippen LogP contribution is 2.61. The van der Waals surface area contributed by atoms with E-state index >= 15 is 0 Å². The molecule has 4 fully saturated rings. The highest BCUT2D eigenvalue weighted by Gasteiger charge is 2.53. The summed E-state index contributed by atoms with van der Waals surface area (Å²) in [6.07, 6.45) is 10.6. The van der Waals surface area contributed by atoms with E-state index in [0.29, 0.717) is 17.3 Å². The predicted octanol–water partition coefficient (Wildman–Crippen LogP) is 3.65. The largest absolute Gasteiger partial charge is 0.489 e. The number of hydrogen-bond acceptors (Lipinski definition) is 3. The molecule has 0 aliphatic heterocycles. The number of hydrogen-bond donors (Lipinski definition) is 1. The third kappa shape index (κ3) is 1.99. The minimum absolute atomic E-state index is 0.293. The smallest absolute Gasteiger partial charge is 0.138 e. The van der Waals surface area contributed by atoms with Crippen LogP contribution in [0.5, 0.6) is 5.75 Å². The van der Waals surface area contributed by atoms with Crippen LogP contribution in [0.3, 0.4) is 0 Å². The summed E-state index contributed by atoms with van der Waals surface area (Å²) in [6, 6.07) is 3.76. The average molecular weight is 272 g/mol. The first-order valence-electron chi connectivity index (χ1n) is 8.01. The van der Waals surface area contributed by atoms with E-state index in [-0.39, 0.29) is 0 Å². The molecule has 4 bridgehead atoms. The third-order valence-electron chi connectivity index (χ3n) is 6.02. The quantitative estimate of drug-likeness (QED) is 0.913. The molecule has 0 saturated heterocycles. The van der Waals surface area contributed by atoms with Crippen LogP contribution in [-0.4, -0.2) is 11.1 Å². The van der Waals surface area contributed by atoms with Crippen molar-refractivity contribution < 1.29 is 4.74 Å². The van der Waals surface area contributed by atoms with Crippen LogP contribution in [-0.2, 0) is 0 Å². The van der Waals surface area contributed by atoms with Gasteiger partial charge in [0.1, 0.15) is 17.7 Å². The van der Waals surface area contributed by atoms with Gasteiger partial charge in [0.2, 0.25) is 0 Å². The van der Waals surface area contributed by atoms with Gasteiger partial charge in [-0.3, -0.25) is 0 Å². The molecule has 1 unspecified atom stereocenters. The van der Waals surface area contributed by atoms with Crippen LogP contribution in [0.2, 0.25) is 0 Å². The van der Waals surface area contributed by atoms with Gasteiger partial charge in [0, 0.05) is 5.41 Å². The molecule has 0 radical (unpaired) electrons. The number of ether oxygens (including phenoxy) is 1. The Balaban J connectivity index is 1.53. The van der Waals surface area contributed by atoms with Crippen molar-refractivity contribution in [2.24, 2.45) is 23.2 Å². The summed E-state index contributed by atoms with van der Waals surface area (Å²) < 4.78 is 6.24. The van der Waals surface area contributed by atoms with E-state index in [9.17, 15) is 0 Å². The summed E-state index contributed by atoms with van der Waals surface area (Å²) in [5.41, 5.74) is 6.06. The fourth-order valence-corrected chi connectivity index (χ4v) is 5.47. The Labute approximate surface area is 120 Å². The maximum Gasteiger partial charge on any atom is 0.138 e. The highest BCUT2D eigenvalue weighted by atomic mass is 16.5. The fraction of sp³-hybridized carbons (Fsp3) is 0.706. The predicted molar refractivity (Wildman–Crippen MR) is 79.3 cm³/mol. The van der Waals surface area contributed by atoms with Gasteiger partial charge in [-0.15, -0.1) is 0 Å². The Kier molecular flexibility index (Phi) is 2.73. The molecule has 1 atom stereocenters. The van der Waals surface area contributed by atoms with Gasteiger partial charge in [0.05, 0.1) is 6.20 Å². The molecule has 1 heterocycles. The van der Waals surface area contributed by atoms with E-state index in [1.807, 2.05) is 12.1 Å². The lowest BCUT2D eigenvalue weighted by Gasteiger charge is -2.58. The van der Waals surface area contributed by atoms with E-state index < -0.39 is 0 Å². The minimum Gasteiger partial charge on any atom is -0.489 e. The number of nitrogen functional groups attached to an aromatic ring is 1. The average Bonchev–Trinajstić information content (AvgIpc) is 2.40. The van der Waals surface area contributed by atoms with Crippen LogP contribution in [0.15, 0.2) is 18.3 Å². The Morgan fingerprint density at radius 3 is 2.25 bits per heavy atom. The Morgan fingerprint density at radius 1 is 1.15 bits per heavy atom. The molecule has 3 heteroatoms. The standard InChI is InChI=1S/C17H24N2O/c1-11(20-15-2-3-16(18)19-10-15)17-7-12-4-13(8-17)6-14(5-12)9-17/h2-3,10-14H,4-9H2,1H3,(H2,18,19). The molecule has 5 rings (SSSR count). The zero-order chi connectivity index (χ0) is 13.7. The number of aromatic nitrogens is 1. The molecular weight excluding hydrogens is 248 g/mol. The van der Waals surface area contributed by atoms with Crippen LogP contribution in [0.1, 0.15) is 45.4 Å². The van der Waals surface area contributed by atoms with Crippen LogP contribution in [0, 0.1) is 23.2 Å². The molecule has 4 aliphatic carbocycles. The lowest BCUT2D eigenvalue weighted by atomic mass is 9.48. The Morgan fingerprint density at radius 2 is 1.75 bits per heavy atom. The molecule has 0 amide bonds. The van der Waals surface area contributed by atoms with Gasteiger partial charge in [-0.05, 0) is 75.3 Å². The molecule has 3 nitrogen and oxygen atoms in total. The second kappa shape index (κ2) is 4.37. The number of nitrogens with two attached hydrogens (primary N) is 1. The van der Waals surface area contributed by atoms with Crippen molar-refractivity contribution in [3.05, 3.63) is 18.3 Å². The third-order valence-corrected chi connectivity index (χ3v) is 6.02. The van der Waals surface area contributed by atoms with Gasteiger partial charge in [0.25, 0.3) is 0 Å². The van der Waals surface area contributed by atoms with E-state index in [4.69, 9.17) is 10.5 Å². The molecule has 108 valence electrons. The lowest BCUT2D eigenvalue weighted by molar-refractivity contribution is -0.105. The zero-order valence-electron chi connectivity index (χ0n) is 12.2. The molecule has 0 spiro atoms. The zero-order valence-corrected chi connectivity index (χ0v) is 12.2. The monoisotopic (exact) mass is 272 g/mol. The van der Waals surface area contributed by atoms with E-state index in [1.54, 1.807) is 6.20 Å². The van der Waals surface area contributed by atoms with Crippen molar-refractivity contribution in [1.29, 1.82) is 0 Å². The van der Waals surface area contributed by atoms with Gasteiger partial charge >= 0.3 is 0 Å². The maximum absolute atomic E-state index is 6.24. The molecule has 4 aliphatic rings. The summed E-state index contributed by atoms with van der Waals surface area (Å²) in [6.45, 7) is 2.27. The molecule has 4 saturated carbocycles. The summed E-state index contributed by atoms with van der Waals surface area (Å²) in [4.78, 5) is 4.13. The van der Waals surface area contributed by atoms with Gasteiger partial charge in [-0.25, -0.2) is 4.98 Å². The number of anilines is 1. The van der Waals surface area contributed by atoms with Crippen LogP contribution < -0.4 is 10.5 Å². The van der Waals surface area contributed by atoms with E-state index in [0.717, 1.165) is 23.5 Å². The normalized spacial score (nSPS) is 39.8. The first-order chi connectivity index (χ1) is 9.63. The van der Waals surface area contributed by atoms with Crippen molar-refractivity contribution in [3.63, 3.8) is 0 Å². The van der Waals surface area contributed by atoms with Gasteiger partial charge in [0.15, 0.2) is 0 Å².